The van der Waals surface area contributed by atoms with Crippen LogP contribution in [0.2, 0.25) is 0 Å². The zero-order valence-electron chi connectivity index (χ0n) is 21.1. The molecule has 6 aliphatic rings. The lowest BCUT2D eigenvalue weighted by molar-refractivity contribution is -0.390. The van der Waals surface area contributed by atoms with Gasteiger partial charge in [0.05, 0.1) is 17.1 Å². The van der Waals surface area contributed by atoms with E-state index in [1.165, 1.54) is 38.4 Å². The maximum atomic E-state index is 13.3. The van der Waals surface area contributed by atoms with E-state index in [1.54, 1.807) is 20.8 Å². The number of hydrogen-bond donors (Lipinski definition) is 6. The van der Waals surface area contributed by atoms with Gasteiger partial charge in [-0.25, -0.2) is 4.79 Å². The number of nitrogens with zero attached hydrogens (tertiary/aromatic N) is 1. The van der Waals surface area contributed by atoms with Crippen LogP contribution >= 0.6 is 0 Å². The average Bonchev–Trinajstić information content (AvgIpc) is 3.06. The minimum absolute atomic E-state index is 0.0574. The third-order valence-electron chi connectivity index (χ3n) is 11.4. The van der Waals surface area contributed by atoms with Gasteiger partial charge in [0.15, 0.2) is 17.5 Å². The van der Waals surface area contributed by atoms with Crippen LogP contribution in [0, 0.1) is 22.7 Å². The number of esters is 1. The molecule has 4 saturated carbocycles. The molecule has 6 fully saturated rings. The first-order valence-corrected chi connectivity index (χ1v) is 12.6. The van der Waals surface area contributed by atoms with E-state index in [0.29, 0.717) is 6.42 Å². The molecule has 10 heteroatoms. The topological polar surface area (TPSA) is 170 Å². The van der Waals surface area contributed by atoms with E-state index in [1.807, 2.05) is 0 Å². The number of aliphatic hydroxyl groups is 6. The molecule has 0 amide bonds. The van der Waals surface area contributed by atoms with Gasteiger partial charge in [-0.3, -0.25) is 4.98 Å². The van der Waals surface area contributed by atoms with Crippen molar-refractivity contribution in [3.63, 3.8) is 0 Å². The normalized spacial score (nSPS) is 58.4. The zero-order chi connectivity index (χ0) is 26.5. The fraction of sp³-hybridized carbons (Fsp3) is 0.769. The summed E-state index contributed by atoms with van der Waals surface area (Å²) in [5.41, 5.74) is -15.3. The maximum absolute atomic E-state index is 13.3. The highest BCUT2D eigenvalue weighted by Crippen LogP contribution is 2.90. The Balaban J connectivity index is 1.67. The Bertz CT molecular complexity index is 1170. The van der Waals surface area contributed by atoms with Gasteiger partial charge in [-0.15, -0.1) is 0 Å². The highest BCUT2D eigenvalue weighted by Gasteiger charge is 3.10. The third-order valence-corrected chi connectivity index (χ3v) is 11.4. The molecule has 7 rings (SSSR count). The van der Waals surface area contributed by atoms with E-state index in [0.717, 1.165) is 0 Å². The Morgan fingerprint density at radius 3 is 2.44 bits per heavy atom. The van der Waals surface area contributed by atoms with E-state index in [2.05, 4.69) is 4.98 Å². The van der Waals surface area contributed by atoms with Crippen LogP contribution in [0.25, 0.3) is 0 Å². The van der Waals surface area contributed by atoms with Crippen molar-refractivity contribution in [2.24, 2.45) is 22.7 Å². The molecule has 3 heterocycles. The predicted octanol–water partition coefficient (Wildman–Crippen LogP) is -0.121. The number of carbonyl (C=O) groups is 1. The molecule has 0 aromatic carbocycles. The van der Waals surface area contributed by atoms with Gasteiger partial charge >= 0.3 is 5.97 Å². The summed E-state index contributed by atoms with van der Waals surface area (Å²) < 4.78 is 12.1. The molecule has 1 aromatic heterocycles. The Labute approximate surface area is 208 Å². The molecule has 1 aromatic rings. The summed E-state index contributed by atoms with van der Waals surface area (Å²) in [6, 6.07) is 3.00. The molecule has 11 atom stereocenters. The van der Waals surface area contributed by atoms with E-state index < -0.39 is 74.6 Å². The van der Waals surface area contributed by atoms with Crippen molar-refractivity contribution in [1.29, 1.82) is 0 Å². The summed E-state index contributed by atoms with van der Waals surface area (Å²) in [6.07, 6.45) is -0.455. The summed E-state index contributed by atoms with van der Waals surface area (Å²) in [4.78, 5) is 17.2. The van der Waals surface area contributed by atoms with Crippen LogP contribution in [0.3, 0.4) is 0 Å². The number of rotatable bonds is 3. The van der Waals surface area contributed by atoms with Gasteiger partial charge in [0.1, 0.15) is 22.4 Å². The number of aliphatic hydroxyl groups excluding tert-OH is 1. The van der Waals surface area contributed by atoms with Gasteiger partial charge in [0.25, 0.3) is 0 Å². The fourth-order valence-electron chi connectivity index (χ4n) is 9.59. The van der Waals surface area contributed by atoms with Crippen LogP contribution in [-0.4, -0.2) is 87.6 Å². The fourth-order valence-corrected chi connectivity index (χ4v) is 9.59. The van der Waals surface area contributed by atoms with Crippen molar-refractivity contribution in [3.8, 4) is 0 Å². The summed E-state index contributed by atoms with van der Waals surface area (Å²) in [5, 5.41) is 74.1. The highest BCUT2D eigenvalue weighted by molar-refractivity contribution is 5.89. The van der Waals surface area contributed by atoms with Gasteiger partial charge < -0.3 is 40.1 Å². The monoisotopic (exact) mass is 505 g/mol. The molecule has 10 nitrogen and oxygen atoms in total. The Kier molecular flexibility index (Phi) is 4.32. The predicted molar refractivity (Wildman–Crippen MR) is 122 cm³/mol. The Hall–Kier alpha value is -1.66. The van der Waals surface area contributed by atoms with Crippen LogP contribution < -0.4 is 0 Å². The second-order valence-electron chi connectivity index (χ2n) is 12.6. The molecule has 198 valence electrons. The van der Waals surface area contributed by atoms with Crippen molar-refractivity contribution >= 4 is 5.97 Å². The van der Waals surface area contributed by atoms with Crippen molar-refractivity contribution in [2.75, 3.05) is 0 Å². The van der Waals surface area contributed by atoms with Crippen molar-refractivity contribution in [1.82, 2.24) is 4.98 Å². The molecule has 4 aliphatic carbocycles. The lowest BCUT2D eigenvalue weighted by atomic mass is 9.52. The van der Waals surface area contributed by atoms with Gasteiger partial charge in [-0.05, 0) is 43.7 Å². The SMILES string of the molecule is CC(C)[C@@]1(O)[C@@H](OC(=O)c2cccnc2)[C@@]2(O)[C@@]3(C)C[C@]4(O)OC5([C@H](O)[C@@H](C)CC[C@@]53O)[C@@]2(O)[C@@]14C. The molecule has 1 unspecified atom stereocenters. The number of carbonyl (C=O) groups excluding carboxylic acids is 1. The smallest absolute Gasteiger partial charge is 0.340 e. The van der Waals surface area contributed by atoms with Gasteiger partial charge in [0.2, 0.25) is 0 Å². The zero-order valence-corrected chi connectivity index (χ0v) is 21.1. The molecule has 2 saturated heterocycles. The van der Waals surface area contributed by atoms with Crippen LogP contribution in [0.4, 0.5) is 0 Å². The maximum Gasteiger partial charge on any atom is 0.340 e. The molecular weight excluding hydrogens is 470 g/mol. The lowest BCUT2D eigenvalue weighted by Gasteiger charge is -2.60. The Morgan fingerprint density at radius 2 is 1.86 bits per heavy atom. The molecule has 6 bridgehead atoms. The van der Waals surface area contributed by atoms with E-state index >= 15 is 0 Å². The molecule has 6 N–H and O–H groups in total. The quantitative estimate of drug-likeness (QED) is 0.304. The van der Waals surface area contributed by atoms with Crippen molar-refractivity contribution in [3.05, 3.63) is 30.1 Å². The minimum atomic E-state index is -2.60. The summed E-state index contributed by atoms with van der Waals surface area (Å²) >= 11 is 0. The van der Waals surface area contributed by atoms with Crippen LogP contribution in [0.1, 0.15) is 64.2 Å². The minimum Gasteiger partial charge on any atom is -0.452 e. The van der Waals surface area contributed by atoms with E-state index in [9.17, 15) is 35.4 Å². The molecule has 36 heavy (non-hydrogen) atoms. The first-order chi connectivity index (χ1) is 16.5. The van der Waals surface area contributed by atoms with Gasteiger partial charge in [-0.2, -0.15) is 0 Å². The van der Waals surface area contributed by atoms with Crippen molar-refractivity contribution in [2.45, 2.75) is 99.9 Å². The summed E-state index contributed by atoms with van der Waals surface area (Å²) in [5.74, 6) is -4.39. The molecule has 0 radical (unpaired) electrons. The van der Waals surface area contributed by atoms with Crippen LogP contribution in [0.15, 0.2) is 24.5 Å². The second kappa shape index (κ2) is 6.31. The lowest BCUT2D eigenvalue weighted by Crippen LogP contribution is -2.75. The number of hydrogen-bond acceptors (Lipinski definition) is 10. The standard InChI is InChI=1S/C26H35NO9/c1-13(2)23(32)18(35-17(29)15-7-6-10-27-11-15)24(33)19(4)12-22(31)20(23,5)26(24,34)25(36-22)16(28)14(3)8-9-21(19,25)30/h6-7,10-11,13-14,16,18,28,30-34H,8-9,12H2,1-5H3/t14-,16+,18+,19-,20+,21-,22-,23+,24+,25?,26+/m0/s1. The first-order valence-electron chi connectivity index (χ1n) is 12.6. The second-order valence-corrected chi connectivity index (χ2v) is 12.6. The number of ether oxygens (including phenoxy) is 2. The first kappa shape index (κ1) is 24.7. The van der Waals surface area contributed by atoms with Gasteiger partial charge in [0, 0.05) is 24.2 Å². The molecular formula is C26H35NO9. The Morgan fingerprint density at radius 1 is 1.19 bits per heavy atom. The molecule has 1 spiro atoms. The van der Waals surface area contributed by atoms with Crippen LogP contribution in [0.5, 0.6) is 0 Å². The van der Waals surface area contributed by atoms with Crippen LogP contribution in [-0.2, 0) is 9.47 Å². The van der Waals surface area contributed by atoms with E-state index in [4.69, 9.17) is 9.47 Å². The van der Waals surface area contributed by atoms with E-state index in [-0.39, 0.29) is 18.4 Å². The summed E-state index contributed by atoms with van der Waals surface area (Å²) in [7, 11) is 0. The molecule has 2 aliphatic heterocycles. The number of pyridine rings is 1. The highest BCUT2D eigenvalue weighted by atomic mass is 16.7. The largest absolute Gasteiger partial charge is 0.452 e. The third kappa shape index (κ3) is 1.81. The average molecular weight is 506 g/mol. The van der Waals surface area contributed by atoms with Gasteiger partial charge in [-0.1, -0.05) is 27.7 Å². The van der Waals surface area contributed by atoms with Crippen molar-refractivity contribution < 1.29 is 44.9 Å². The summed E-state index contributed by atoms with van der Waals surface area (Å²) in [6.45, 7) is 7.89. The number of aromatic nitrogens is 1.